The van der Waals surface area contributed by atoms with Crippen molar-refractivity contribution in [3.05, 3.63) is 12.7 Å². The highest BCUT2D eigenvalue weighted by atomic mass is 16.6. The molecule has 6 nitrogen and oxygen atoms in total. The van der Waals surface area contributed by atoms with Gasteiger partial charge in [-0.15, -0.1) is 6.58 Å². The average molecular weight is 423 g/mol. The summed E-state index contributed by atoms with van der Waals surface area (Å²) in [7, 11) is 0. The number of fused-ring (bicyclic) bond motifs is 3. The summed E-state index contributed by atoms with van der Waals surface area (Å²) in [5.41, 5.74) is -2.16. The van der Waals surface area contributed by atoms with Gasteiger partial charge in [0, 0.05) is 25.2 Å². The second-order valence-electron chi connectivity index (χ2n) is 10.9. The number of hydrogen-bond donors (Lipinski definition) is 1. The van der Waals surface area contributed by atoms with Crippen molar-refractivity contribution in [1.29, 1.82) is 0 Å². The van der Waals surface area contributed by atoms with Gasteiger partial charge in [0.05, 0.1) is 11.2 Å². The van der Waals surface area contributed by atoms with Gasteiger partial charge in [-0.3, -0.25) is 9.59 Å². The van der Waals surface area contributed by atoms with Crippen molar-refractivity contribution in [1.82, 2.24) is 0 Å². The molecule has 0 bridgehead atoms. The maximum atomic E-state index is 12.1. The predicted octanol–water partition coefficient (Wildman–Crippen LogP) is 3.80. The molecule has 2 saturated carbocycles. The van der Waals surface area contributed by atoms with Gasteiger partial charge in [0.25, 0.3) is 0 Å². The fourth-order valence-corrected chi connectivity index (χ4v) is 7.19. The van der Waals surface area contributed by atoms with E-state index in [1.54, 1.807) is 6.08 Å². The van der Waals surface area contributed by atoms with E-state index in [0.29, 0.717) is 0 Å². The minimum atomic E-state index is -1.00. The predicted molar refractivity (Wildman–Crippen MR) is 113 cm³/mol. The number of aliphatic hydroxyl groups is 1. The number of rotatable bonds is 3. The lowest BCUT2D eigenvalue weighted by Crippen LogP contribution is -2.74. The highest BCUT2D eigenvalue weighted by Crippen LogP contribution is 2.66. The molecule has 8 atom stereocenters. The van der Waals surface area contributed by atoms with Crippen LogP contribution >= 0.6 is 0 Å². The van der Waals surface area contributed by atoms with Crippen LogP contribution in [0.5, 0.6) is 0 Å². The number of hydrogen-bond acceptors (Lipinski definition) is 6. The molecule has 2 aliphatic carbocycles. The third-order valence-corrected chi connectivity index (χ3v) is 8.43. The second-order valence-corrected chi connectivity index (χ2v) is 10.9. The SMILES string of the molecule is C=CC1(C)CCC2C3(C)CCC(OC(C)=O)C(C)(C)C3C(OC(C)=O)C(O)C2(C)O1. The van der Waals surface area contributed by atoms with Crippen molar-refractivity contribution >= 4 is 11.9 Å². The minimum Gasteiger partial charge on any atom is -0.462 e. The van der Waals surface area contributed by atoms with E-state index in [-0.39, 0.29) is 29.3 Å². The molecule has 0 amide bonds. The fourth-order valence-electron chi connectivity index (χ4n) is 7.19. The summed E-state index contributed by atoms with van der Waals surface area (Å²) in [6, 6.07) is 0. The Hall–Kier alpha value is -1.40. The molecular weight excluding hydrogens is 384 g/mol. The Balaban J connectivity index is 2.12. The van der Waals surface area contributed by atoms with E-state index in [2.05, 4.69) is 27.4 Å². The Labute approximate surface area is 180 Å². The topological polar surface area (TPSA) is 82.1 Å². The summed E-state index contributed by atoms with van der Waals surface area (Å²) in [4.78, 5) is 23.8. The lowest BCUT2D eigenvalue weighted by molar-refractivity contribution is -0.327. The van der Waals surface area contributed by atoms with Crippen LogP contribution in [0.25, 0.3) is 0 Å². The van der Waals surface area contributed by atoms with E-state index < -0.39 is 34.8 Å². The van der Waals surface area contributed by atoms with Gasteiger partial charge < -0.3 is 19.3 Å². The van der Waals surface area contributed by atoms with Crippen LogP contribution in [0.15, 0.2) is 12.7 Å². The van der Waals surface area contributed by atoms with E-state index in [9.17, 15) is 14.7 Å². The van der Waals surface area contributed by atoms with E-state index >= 15 is 0 Å². The van der Waals surface area contributed by atoms with Crippen LogP contribution in [0.4, 0.5) is 0 Å². The van der Waals surface area contributed by atoms with Crippen LogP contribution in [0, 0.1) is 22.7 Å². The second kappa shape index (κ2) is 7.33. The molecule has 0 spiro atoms. The normalized spacial score (nSPS) is 47.4. The van der Waals surface area contributed by atoms with E-state index in [4.69, 9.17) is 14.2 Å². The molecule has 8 unspecified atom stereocenters. The van der Waals surface area contributed by atoms with Crippen molar-refractivity contribution < 1.29 is 28.9 Å². The molecule has 0 radical (unpaired) electrons. The van der Waals surface area contributed by atoms with E-state index in [1.165, 1.54) is 13.8 Å². The molecule has 1 heterocycles. The zero-order chi connectivity index (χ0) is 22.7. The van der Waals surface area contributed by atoms with E-state index in [1.807, 2.05) is 13.8 Å². The zero-order valence-electron chi connectivity index (χ0n) is 19.5. The van der Waals surface area contributed by atoms with Gasteiger partial charge in [-0.1, -0.05) is 26.8 Å². The van der Waals surface area contributed by atoms with Gasteiger partial charge >= 0.3 is 11.9 Å². The first-order valence-corrected chi connectivity index (χ1v) is 11.1. The third-order valence-electron chi connectivity index (χ3n) is 8.43. The van der Waals surface area contributed by atoms with Gasteiger partial charge in [0.1, 0.15) is 18.3 Å². The van der Waals surface area contributed by atoms with Gasteiger partial charge in [-0.25, -0.2) is 0 Å². The van der Waals surface area contributed by atoms with Gasteiger partial charge in [-0.2, -0.15) is 0 Å². The van der Waals surface area contributed by atoms with Crippen LogP contribution in [0.1, 0.15) is 74.1 Å². The fraction of sp³-hybridized carbons (Fsp3) is 0.833. The Kier molecular flexibility index (Phi) is 5.69. The third kappa shape index (κ3) is 3.40. The standard InChI is InChI=1S/C24H38O6/c1-9-22(6)12-10-16-23(7)13-11-17(28-14(2)25)21(4,5)19(23)18(29-15(3)26)20(27)24(16,8)30-22/h9,16-20,27H,1,10-13H2,2-8H3. The van der Waals surface area contributed by atoms with Crippen LogP contribution in [-0.4, -0.2) is 46.6 Å². The van der Waals surface area contributed by atoms with Crippen LogP contribution in [0.2, 0.25) is 0 Å². The summed E-state index contributed by atoms with van der Waals surface area (Å²) >= 11 is 0. The highest BCUT2D eigenvalue weighted by molar-refractivity contribution is 5.67. The van der Waals surface area contributed by atoms with Crippen molar-refractivity contribution in [2.45, 2.75) is 104 Å². The highest BCUT2D eigenvalue weighted by Gasteiger charge is 2.70. The van der Waals surface area contributed by atoms with Crippen molar-refractivity contribution in [2.24, 2.45) is 22.7 Å². The molecule has 170 valence electrons. The van der Waals surface area contributed by atoms with Crippen LogP contribution in [-0.2, 0) is 23.8 Å². The lowest BCUT2D eigenvalue weighted by Gasteiger charge is -2.68. The number of carbonyl (C=O) groups excluding carboxylic acids is 2. The maximum Gasteiger partial charge on any atom is 0.303 e. The zero-order valence-corrected chi connectivity index (χ0v) is 19.5. The molecule has 3 fully saturated rings. The Morgan fingerprint density at radius 2 is 1.63 bits per heavy atom. The molecular formula is C24H38O6. The summed E-state index contributed by atoms with van der Waals surface area (Å²) < 4.78 is 18.1. The quantitative estimate of drug-likeness (QED) is 0.550. The van der Waals surface area contributed by atoms with Gasteiger partial charge in [0.15, 0.2) is 0 Å². The summed E-state index contributed by atoms with van der Waals surface area (Å²) in [6.45, 7) is 17.0. The Morgan fingerprint density at radius 1 is 1.03 bits per heavy atom. The first kappa shape index (κ1) is 23.3. The maximum absolute atomic E-state index is 12.1. The first-order chi connectivity index (χ1) is 13.7. The molecule has 6 heteroatoms. The van der Waals surface area contributed by atoms with Crippen molar-refractivity contribution in [3.63, 3.8) is 0 Å². The number of esters is 2. The summed E-state index contributed by atoms with van der Waals surface area (Å²) in [5, 5.41) is 11.6. The van der Waals surface area contributed by atoms with Crippen LogP contribution < -0.4 is 0 Å². The minimum absolute atomic E-state index is 0.0717. The smallest absolute Gasteiger partial charge is 0.303 e. The Morgan fingerprint density at radius 3 is 2.17 bits per heavy atom. The molecule has 1 N–H and O–H groups in total. The molecule has 1 saturated heterocycles. The molecule has 1 aliphatic heterocycles. The lowest BCUT2D eigenvalue weighted by atomic mass is 9.42. The Bertz CT molecular complexity index is 731. The number of ether oxygens (including phenoxy) is 3. The van der Waals surface area contributed by atoms with Crippen LogP contribution in [0.3, 0.4) is 0 Å². The number of carbonyl (C=O) groups is 2. The van der Waals surface area contributed by atoms with Crippen molar-refractivity contribution in [2.75, 3.05) is 0 Å². The largest absolute Gasteiger partial charge is 0.462 e. The molecule has 30 heavy (non-hydrogen) atoms. The average Bonchev–Trinajstić information content (AvgIpc) is 2.61. The molecule has 3 rings (SSSR count). The van der Waals surface area contributed by atoms with Gasteiger partial charge in [-0.05, 0) is 50.9 Å². The molecule has 3 aliphatic rings. The number of aliphatic hydroxyl groups excluding tert-OH is 1. The van der Waals surface area contributed by atoms with E-state index in [0.717, 1.165) is 25.7 Å². The molecule has 0 aromatic heterocycles. The summed E-state index contributed by atoms with van der Waals surface area (Å²) in [5.74, 6) is -0.861. The first-order valence-electron chi connectivity index (χ1n) is 11.1. The molecule has 0 aromatic carbocycles. The van der Waals surface area contributed by atoms with Crippen molar-refractivity contribution in [3.8, 4) is 0 Å². The monoisotopic (exact) mass is 422 g/mol. The molecule has 0 aromatic rings. The summed E-state index contributed by atoms with van der Waals surface area (Å²) in [6.07, 6.45) is 2.98. The van der Waals surface area contributed by atoms with Gasteiger partial charge in [0.2, 0.25) is 0 Å².